The number of amides is 1. The number of nitrogens with zero attached hydrogens (tertiary/aromatic N) is 1. The molecule has 1 radical (unpaired) electrons. The Hall–Kier alpha value is -1.17. The lowest BCUT2D eigenvalue weighted by atomic mass is 10.1. The predicted molar refractivity (Wildman–Crippen MR) is 68.8 cm³/mol. The molecule has 16 heavy (non-hydrogen) atoms. The molecule has 0 saturated carbocycles. The van der Waals surface area contributed by atoms with Gasteiger partial charge in [0, 0.05) is 12.1 Å². The molecule has 6 heteroatoms. The van der Waals surface area contributed by atoms with Crippen LogP contribution in [0, 0.1) is 0 Å². The highest BCUT2D eigenvalue weighted by molar-refractivity contribution is 7.80. The Labute approximate surface area is 102 Å². The molecule has 0 spiro atoms. The molecule has 0 bridgehead atoms. The van der Waals surface area contributed by atoms with Crippen molar-refractivity contribution in [1.82, 2.24) is 11.2 Å². The summed E-state index contributed by atoms with van der Waals surface area (Å²) in [5.41, 5.74) is 15.5. The standard InChI is InChI=1S/C10H19N4OS/c1-2-3-4-5-8(6-7-9(11)15)13-14-10(12)16/h11H,2-7H2,1H3,(H3,12,14,16). The predicted octanol–water partition coefficient (Wildman–Crippen LogP) is 1.35. The Bertz CT molecular complexity index is 266. The summed E-state index contributed by atoms with van der Waals surface area (Å²) in [4.78, 5) is 10.6. The van der Waals surface area contributed by atoms with Crippen molar-refractivity contribution in [2.75, 3.05) is 0 Å². The lowest BCUT2D eigenvalue weighted by Crippen LogP contribution is -2.25. The molecule has 1 amide bonds. The van der Waals surface area contributed by atoms with Gasteiger partial charge < -0.3 is 5.73 Å². The largest absolute Gasteiger partial charge is 0.375 e. The van der Waals surface area contributed by atoms with E-state index in [9.17, 15) is 4.79 Å². The molecule has 0 aromatic heterocycles. The van der Waals surface area contributed by atoms with E-state index >= 15 is 0 Å². The first-order valence-electron chi connectivity index (χ1n) is 5.41. The van der Waals surface area contributed by atoms with Crippen molar-refractivity contribution >= 4 is 28.9 Å². The number of unbranched alkanes of at least 4 members (excludes halogenated alkanes) is 2. The maximum atomic E-state index is 10.6. The smallest absolute Gasteiger partial charge is 0.238 e. The molecule has 0 rings (SSSR count). The third-order valence-corrected chi connectivity index (χ3v) is 2.13. The second-order valence-corrected chi connectivity index (χ2v) is 3.97. The molecule has 0 aliphatic carbocycles. The average molecular weight is 243 g/mol. The van der Waals surface area contributed by atoms with Crippen LogP contribution in [0.2, 0.25) is 0 Å². The molecular formula is C10H19N4OS. The first-order chi connectivity index (χ1) is 7.56. The van der Waals surface area contributed by atoms with Crippen molar-refractivity contribution in [1.29, 1.82) is 0 Å². The van der Waals surface area contributed by atoms with E-state index in [0.717, 1.165) is 31.4 Å². The van der Waals surface area contributed by atoms with E-state index in [0.29, 0.717) is 6.42 Å². The van der Waals surface area contributed by atoms with Gasteiger partial charge in [0.25, 0.3) is 0 Å². The molecule has 0 fully saturated rings. The molecule has 0 heterocycles. The third kappa shape index (κ3) is 9.39. The van der Waals surface area contributed by atoms with Crippen LogP contribution in [0.25, 0.3) is 0 Å². The average Bonchev–Trinajstić information content (AvgIpc) is 2.21. The Morgan fingerprint density at radius 3 is 2.56 bits per heavy atom. The van der Waals surface area contributed by atoms with Crippen LogP contribution in [0.1, 0.15) is 45.4 Å². The van der Waals surface area contributed by atoms with E-state index in [1.807, 2.05) is 0 Å². The first kappa shape index (κ1) is 14.8. The summed E-state index contributed by atoms with van der Waals surface area (Å²) in [5, 5.41) is 4.15. The fourth-order valence-electron chi connectivity index (χ4n) is 1.21. The zero-order valence-electron chi connectivity index (χ0n) is 9.58. The zero-order valence-corrected chi connectivity index (χ0v) is 10.4. The van der Waals surface area contributed by atoms with Crippen molar-refractivity contribution in [3.8, 4) is 0 Å². The van der Waals surface area contributed by atoms with Gasteiger partial charge >= 0.3 is 0 Å². The molecule has 0 aliphatic rings. The van der Waals surface area contributed by atoms with Crippen LogP contribution in [0.15, 0.2) is 5.10 Å². The van der Waals surface area contributed by atoms with Crippen molar-refractivity contribution < 1.29 is 4.79 Å². The summed E-state index contributed by atoms with van der Waals surface area (Å²) >= 11 is 4.64. The van der Waals surface area contributed by atoms with Gasteiger partial charge in [-0.2, -0.15) is 5.10 Å². The van der Waals surface area contributed by atoms with Gasteiger partial charge in [-0.1, -0.05) is 19.8 Å². The van der Waals surface area contributed by atoms with Crippen molar-refractivity contribution in [3.05, 3.63) is 0 Å². The lowest BCUT2D eigenvalue weighted by molar-refractivity contribution is -0.118. The van der Waals surface area contributed by atoms with E-state index in [-0.39, 0.29) is 11.5 Å². The Kier molecular flexibility index (Phi) is 8.42. The number of hydrazone groups is 1. The lowest BCUT2D eigenvalue weighted by Gasteiger charge is -2.05. The first-order valence-corrected chi connectivity index (χ1v) is 5.82. The number of carbonyl (C=O) groups is 1. The van der Waals surface area contributed by atoms with Crippen LogP contribution in [0.3, 0.4) is 0 Å². The number of rotatable bonds is 8. The van der Waals surface area contributed by atoms with Crippen LogP contribution in [0.4, 0.5) is 0 Å². The van der Waals surface area contributed by atoms with Gasteiger partial charge in [-0.05, 0) is 31.5 Å². The molecule has 0 unspecified atom stereocenters. The highest BCUT2D eigenvalue weighted by atomic mass is 32.1. The summed E-state index contributed by atoms with van der Waals surface area (Å²) < 4.78 is 0. The molecule has 91 valence electrons. The molecular weight excluding hydrogens is 224 g/mol. The SMILES string of the molecule is CCCCCC(CCC([NH])=O)=NNC(N)=S. The van der Waals surface area contributed by atoms with Crippen molar-refractivity contribution in [3.63, 3.8) is 0 Å². The van der Waals surface area contributed by atoms with E-state index in [1.54, 1.807) is 0 Å². The maximum absolute atomic E-state index is 10.6. The summed E-state index contributed by atoms with van der Waals surface area (Å²) in [7, 11) is 0. The molecule has 5 nitrogen and oxygen atoms in total. The van der Waals surface area contributed by atoms with Crippen LogP contribution in [0.5, 0.6) is 0 Å². The number of nitrogens with two attached hydrogens (primary N) is 1. The second-order valence-electron chi connectivity index (χ2n) is 3.53. The quantitative estimate of drug-likeness (QED) is 0.291. The molecule has 0 aliphatic heterocycles. The third-order valence-electron chi connectivity index (χ3n) is 2.03. The number of carbonyl (C=O) groups excluding carboxylic acids is 1. The highest BCUT2D eigenvalue weighted by Gasteiger charge is 2.03. The van der Waals surface area contributed by atoms with Crippen LogP contribution < -0.4 is 16.9 Å². The van der Waals surface area contributed by atoms with E-state index < -0.39 is 5.91 Å². The fraction of sp³-hybridized carbons (Fsp3) is 0.700. The summed E-state index contributed by atoms with van der Waals surface area (Å²) in [6.45, 7) is 2.12. The van der Waals surface area contributed by atoms with Crippen LogP contribution >= 0.6 is 12.2 Å². The van der Waals surface area contributed by atoms with Gasteiger partial charge in [0.05, 0.1) is 0 Å². The monoisotopic (exact) mass is 243 g/mol. The van der Waals surface area contributed by atoms with Gasteiger partial charge in [0.1, 0.15) is 0 Å². The minimum absolute atomic E-state index is 0.116. The molecule has 0 saturated heterocycles. The number of nitrogens with one attached hydrogen (secondary N) is 2. The van der Waals surface area contributed by atoms with E-state index in [1.165, 1.54) is 0 Å². The zero-order chi connectivity index (χ0) is 12.4. The number of hydrogen-bond acceptors (Lipinski definition) is 3. The Balaban J connectivity index is 4.09. The van der Waals surface area contributed by atoms with Gasteiger partial charge in [0.15, 0.2) is 5.11 Å². The minimum Gasteiger partial charge on any atom is -0.375 e. The summed E-state index contributed by atoms with van der Waals surface area (Å²) in [6, 6.07) is 0. The van der Waals surface area contributed by atoms with Gasteiger partial charge in [-0.3, -0.25) is 16.0 Å². The van der Waals surface area contributed by atoms with Crippen molar-refractivity contribution in [2.45, 2.75) is 45.4 Å². The molecule has 0 aromatic carbocycles. The summed E-state index contributed by atoms with van der Waals surface area (Å²) in [6.07, 6.45) is 4.80. The minimum atomic E-state index is -0.571. The number of thiocarbonyl (C=S) groups is 1. The Morgan fingerprint density at radius 2 is 2.06 bits per heavy atom. The number of hydrogen-bond donors (Lipinski definition) is 2. The van der Waals surface area contributed by atoms with Crippen LogP contribution in [-0.4, -0.2) is 16.7 Å². The maximum Gasteiger partial charge on any atom is 0.238 e. The van der Waals surface area contributed by atoms with E-state index in [4.69, 9.17) is 11.5 Å². The normalized spacial score (nSPS) is 11.2. The molecule has 4 N–H and O–H groups in total. The molecule has 0 aromatic rings. The van der Waals surface area contributed by atoms with Gasteiger partial charge in [0.2, 0.25) is 5.91 Å². The van der Waals surface area contributed by atoms with Crippen LogP contribution in [-0.2, 0) is 4.79 Å². The summed E-state index contributed by atoms with van der Waals surface area (Å²) in [5.74, 6) is -0.571. The topological polar surface area (TPSA) is 91.3 Å². The second kappa shape index (κ2) is 9.08. The Morgan fingerprint density at radius 1 is 1.38 bits per heavy atom. The van der Waals surface area contributed by atoms with E-state index in [2.05, 4.69) is 29.7 Å². The van der Waals surface area contributed by atoms with Gasteiger partial charge in [-0.15, -0.1) is 0 Å². The fourth-order valence-corrected chi connectivity index (χ4v) is 1.25. The molecule has 0 atom stereocenters. The van der Waals surface area contributed by atoms with Crippen molar-refractivity contribution in [2.24, 2.45) is 10.8 Å². The highest BCUT2D eigenvalue weighted by Crippen LogP contribution is 2.05. The van der Waals surface area contributed by atoms with Gasteiger partial charge in [-0.25, -0.2) is 0 Å².